The molecule has 1 aromatic carbocycles. The van der Waals surface area contributed by atoms with E-state index in [-0.39, 0.29) is 17.1 Å². The number of nitrogens with zero attached hydrogens (tertiary/aromatic N) is 1. The number of ketones is 1. The summed E-state index contributed by atoms with van der Waals surface area (Å²) in [6.07, 6.45) is 1.55. The zero-order valence-corrected chi connectivity index (χ0v) is 11.0. The first-order valence-corrected chi connectivity index (χ1v) is 5.89. The number of hydrogen-bond acceptors (Lipinski definition) is 3. The van der Waals surface area contributed by atoms with Gasteiger partial charge < -0.3 is 4.74 Å². The number of aryl methyl sites for hydroxylation is 2. The van der Waals surface area contributed by atoms with Crippen LogP contribution in [-0.2, 0) is 0 Å². The molecular weight excluding hydrogens is 245 g/mol. The fourth-order valence-electron chi connectivity index (χ4n) is 1.73. The predicted octanol–water partition coefficient (Wildman–Crippen LogP) is 3.83. The van der Waals surface area contributed by atoms with Crippen LogP contribution in [0.5, 0.6) is 11.5 Å². The first-order chi connectivity index (χ1) is 8.99. The second-order valence-corrected chi connectivity index (χ2v) is 4.34. The highest BCUT2D eigenvalue weighted by Crippen LogP contribution is 2.28. The molecule has 0 radical (unpaired) electrons. The standard InChI is InChI=1S/C15H14FNO2/c1-9-7-12(8-17-10(9)2)19-14-6-4-5-13(16)15(14)11(3)18/h4-8H,1-3H3. The van der Waals surface area contributed by atoms with Gasteiger partial charge in [0.25, 0.3) is 0 Å². The van der Waals surface area contributed by atoms with E-state index in [1.54, 1.807) is 18.3 Å². The molecule has 19 heavy (non-hydrogen) atoms. The number of carbonyl (C=O) groups is 1. The molecule has 1 heterocycles. The van der Waals surface area contributed by atoms with E-state index in [2.05, 4.69) is 4.98 Å². The van der Waals surface area contributed by atoms with Gasteiger partial charge in [-0.1, -0.05) is 6.07 Å². The van der Waals surface area contributed by atoms with Gasteiger partial charge >= 0.3 is 0 Å². The maximum absolute atomic E-state index is 13.6. The Balaban J connectivity index is 2.40. The summed E-state index contributed by atoms with van der Waals surface area (Å²) in [4.78, 5) is 15.6. The van der Waals surface area contributed by atoms with Crippen LogP contribution in [0.4, 0.5) is 4.39 Å². The highest BCUT2D eigenvalue weighted by Gasteiger charge is 2.15. The average molecular weight is 259 g/mol. The smallest absolute Gasteiger partial charge is 0.166 e. The van der Waals surface area contributed by atoms with Crippen molar-refractivity contribution < 1.29 is 13.9 Å². The summed E-state index contributed by atoms with van der Waals surface area (Å²) in [6, 6.07) is 6.11. The molecule has 0 amide bonds. The average Bonchev–Trinajstić information content (AvgIpc) is 2.33. The van der Waals surface area contributed by atoms with E-state index in [9.17, 15) is 9.18 Å². The summed E-state index contributed by atoms with van der Waals surface area (Å²) in [5.41, 5.74) is 1.83. The molecule has 0 aliphatic carbocycles. The Kier molecular flexibility index (Phi) is 3.60. The summed E-state index contributed by atoms with van der Waals surface area (Å²) < 4.78 is 19.2. The number of carbonyl (C=O) groups excluding carboxylic acids is 1. The normalized spacial score (nSPS) is 10.3. The molecule has 0 aliphatic heterocycles. The first-order valence-electron chi connectivity index (χ1n) is 5.89. The highest BCUT2D eigenvalue weighted by molar-refractivity contribution is 5.97. The van der Waals surface area contributed by atoms with Crippen LogP contribution in [0.2, 0.25) is 0 Å². The van der Waals surface area contributed by atoms with Gasteiger partial charge in [-0.05, 0) is 44.5 Å². The van der Waals surface area contributed by atoms with Gasteiger partial charge in [0.2, 0.25) is 0 Å². The molecule has 4 heteroatoms. The van der Waals surface area contributed by atoms with E-state index in [1.165, 1.54) is 19.1 Å². The SMILES string of the molecule is CC(=O)c1c(F)cccc1Oc1cnc(C)c(C)c1. The van der Waals surface area contributed by atoms with Gasteiger partial charge in [-0.15, -0.1) is 0 Å². The number of halogens is 1. The van der Waals surface area contributed by atoms with Crippen LogP contribution in [0.25, 0.3) is 0 Å². The van der Waals surface area contributed by atoms with Gasteiger partial charge in [0.15, 0.2) is 5.78 Å². The van der Waals surface area contributed by atoms with Crippen LogP contribution in [-0.4, -0.2) is 10.8 Å². The Morgan fingerprint density at radius 3 is 2.68 bits per heavy atom. The molecule has 0 atom stereocenters. The van der Waals surface area contributed by atoms with Crippen molar-refractivity contribution in [1.82, 2.24) is 4.98 Å². The molecule has 0 saturated carbocycles. The predicted molar refractivity (Wildman–Crippen MR) is 70.2 cm³/mol. The van der Waals surface area contributed by atoms with E-state index in [1.807, 2.05) is 13.8 Å². The number of ether oxygens (including phenoxy) is 1. The van der Waals surface area contributed by atoms with E-state index >= 15 is 0 Å². The lowest BCUT2D eigenvalue weighted by atomic mass is 10.1. The molecule has 0 saturated heterocycles. The van der Waals surface area contributed by atoms with E-state index < -0.39 is 5.82 Å². The van der Waals surface area contributed by atoms with Crippen LogP contribution in [0, 0.1) is 19.7 Å². The molecule has 2 aromatic rings. The third-order valence-electron chi connectivity index (χ3n) is 2.87. The van der Waals surface area contributed by atoms with Gasteiger partial charge in [0.1, 0.15) is 17.3 Å². The van der Waals surface area contributed by atoms with Crippen LogP contribution < -0.4 is 4.74 Å². The van der Waals surface area contributed by atoms with Crippen molar-refractivity contribution >= 4 is 5.78 Å². The second kappa shape index (κ2) is 5.18. The molecule has 2 rings (SSSR count). The van der Waals surface area contributed by atoms with Gasteiger partial charge in [0.05, 0.1) is 11.8 Å². The molecule has 0 N–H and O–H groups in total. The minimum absolute atomic E-state index is 0.0410. The quantitative estimate of drug-likeness (QED) is 0.786. The van der Waals surface area contributed by atoms with Crippen LogP contribution in [0.15, 0.2) is 30.5 Å². The molecule has 3 nitrogen and oxygen atoms in total. The summed E-state index contributed by atoms with van der Waals surface area (Å²) in [6.45, 7) is 5.11. The van der Waals surface area contributed by atoms with Crippen molar-refractivity contribution in [2.75, 3.05) is 0 Å². The highest BCUT2D eigenvalue weighted by atomic mass is 19.1. The van der Waals surface area contributed by atoms with Crippen LogP contribution >= 0.6 is 0 Å². The fraction of sp³-hybridized carbons (Fsp3) is 0.200. The number of Topliss-reactive ketones (excluding diaryl/α,β-unsaturated/α-hetero) is 1. The van der Waals surface area contributed by atoms with Gasteiger partial charge in [-0.25, -0.2) is 4.39 Å². The van der Waals surface area contributed by atoms with E-state index in [0.717, 1.165) is 11.3 Å². The summed E-state index contributed by atoms with van der Waals surface area (Å²) in [5, 5.41) is 0. The van der Waals surface area contributed by atoms with E-state index in [0.29, 0.717) is 5.75 Å². The molecular formula is C15H14FNO2. The van der Waals surface area contributed by atoms with Crippen molar-refractivity contribution in [1.29, 1.82) is 0 Å². The van der Waals surface area contributed by atoms with Gasteiger partial charge in [0, 0.05) is 5.69 Å². The zero-order chi connectivity index (χ0) is 14.0. The Bertz CT molecular complexity index is 638. The molecule has 0 fully saturated rings. The second-order valence-electron chi connectivity index (χ2n) is 4.34. The molecule has 0 unspecified atom stereocenters. The lowest BCUT2D eigenvalue weighted by Gasteiger charge is -2.10. The Morgan fingerprint density at radius 2 is 2.05 bits per heavy atom. The van der Waals surface area contributed by atoms with Crippen molar-refractivity contribution in [3.63, 3.8) is 0 Å². The molecule has 0 aliphatic rings. The molecule has 98 valence electrons. The topological polar surface area (TPSA) is 39.2 Å². The van der Waals surface area contributed by atoms with Crippen molar-refractivity contribution in [3.05, 3.63) is 53.1 Å². The number of aromatic nitrogens is 1. The number of rotatable bonds is 3. The lowest BCUT2D eigenvalue weighted by molar-refractivity contribution is 0.101. The monoisotopic (exact) mass is 259 g/mol. The molecule has 1 aromatic heterocycles. The minimum Gasteiger partial charge on any atom is -0.455 e. The maximum Gasteiger partial charge on any atom is 0.166 e. The minimum atomic E-state index is -0.582. The fourth-order valence-corrected chi connectivity index (χ4v) is 1.73. The van der Waals surface area contributed by atoms with Crippen molar-refractivity contribution in [3.8, 4) is 11.5 Å². The van der Waals surface area contributed by atoms with Crippen LogP contribution in [0.3, 0.4) is 0 Å². The Hall–Kier alpha value is -2.23. The summed E-state index contributed by atoms with van der Waals surface area (Å²) in [5.74, 6) is -0.263. The third kappa shape index (κ3) is 2.78. The van der Waals surface area contributed by atoms with Crippen molar-refractivity contribution in [2.45, 2.75) is 20.8 Å². The molecule has 0 bridgehead atoms. The summed E-state index contributed by atoms with van der Waals surface area (Å²) in [7, 11) is 0. The molecule has 0 spiro atoms. The zero-order valence-electron chi connectivity index (χ0n) is 11.0. The third-order valence-corrected chi connectivity index (χ3v) is 2.87. The lowest BCUT2D eigenvalue weighted by Crippen LogP contribution is -2.01. The van der Waals surface area contributed by atoms with Gasteiger partial charge in [-0.2, -0.15) is 0 Å². The maximum atomic E-state index is 13.6. The number of hydrogen-bond donors (Lipinski definition) is 0. The largest absolute Gasteiger partial charge is 0.455 e. The summed E-state index contributed by atoms with van der Waals surface area (Å²) >= 11 is 0. The van der Waals surface area contributed by atoms with Crippen molar-refractivity contribution in [2.24, 2.45) is 0 Å². The Labute approximate surface area is 111 Å². The van der Waals surface area contributed by atoms with E-state index in [4.69, 9.17) is 4.74 Å². The Morgan fingerprint density at radius 1 is 1.32 bits per heavy atom. The van der Waals surface area contributed by atoms with Gasteiger partial charge in [-0.3, -0.25) is 9.78 Å². The van der Waals surface area contributed by atoms with Crippen LogP contribution in [0.1, 0.15) is 28.5 Å². The number of pyridine rings is 1. The number of benzene rings is 1. The first kappa shape index (κ1) is 13.2.